The average Bonchev–Trinajstić information content (AvgIpc) is 2.98. The summed E-state index contributed by atoms with van der Waals surface area (Å²) < 4.78 is 5.32. The number of rotatable bonds is 5. The first-order valence-electron chi connectivity index (χ1n) is 5.90. The Balaban J connectivity index is 2.00. The Hall–Kier alpha value is -2.34. The van der Waals surface area contributed by atoms with Gasteiger partial charge < -0.3 is 20.7 Å². The molecule has 1 atom stereocenters. The summed E-state index contributed by atoms with van der Waals surface area (Å²) in [5.74, 6) is 0.881. The van der Waals surface area contributed by atoms with E-state index in [1.54, 1.807) is 18.5 Å². The molecule has 2 aromatic heterocycles. The molecule has 0 aliphatic rings. The number of oxime groups is 1. The van der Waals surface area contributed by atoms with E-state index in [9.17, 15) is 0 Å². The Labute approximate surface area is 110 Å². The normalized spacial score (nSPS) is 13.4. The summed E-state index contributed by atoms with van der Waals surface area (Å²) in [5.41, 5.74) is 6.95. The van der Waals surface area contributed by atoms with Gasteiger partial charge in [-0.15, -0.1) is 0 Å². The second-order valence-corrected chi connectivity index (χ2v) is 4.15. The molecule has 0 amide bonds. The van der Waals surface area contributed by atoms with Crippen molar-refractivity contribution in [3.63, 3.8) is 0 Å². The van der Waals surface area contributed by atoms with Gasteiger partial charge in [-0.05, 0) is 36.8 Å². The predicted octanol–water partition coefficient (Wildman–Crippen LogP) is 1.62. The summed E-state index contributed by atoms with van der Waals surface area (Å²) in [6.45, 7) is 2.65. The van der Waals surface area contributed by atoms with Crippen LogP contribution in [0.2, 0.25) is 0 Å². The summed E-state index contributed by atoms with van der Waals surface area (Å²) in [5, 5.41) is 14.9. The van der Waals surface area contributed by atoms with Crippen LogP contribution in [-0.2, 0) is 6.54 Å². The monoisotopic (exact) mass is 260 g/mol. The average molecular weight is 260 g/mol. The van der Waals surface area contributed by atoms with Gasteiger partial charge in [-0.25, -0.2) is 0 Å². The number of nitrogens with one attached hydrogen (secondary N) is 1. The zero-order valence-electron chi connectivity index (χ0n) is 10.6. The molecule has 19 heavy (non-hydrogen) atoms. The van der Waals surface area contributed by atoms with E-state index in [4.69, 9.17) is 15.4 Å². The van der Waals surface area contributed by atoms with Crippen LogP contribution in [0.3, 0.4) is 0 Å². The van der Waals surface area contributed by atoms with Gasteiger partial charge in [0.15, 0.2) is 5.84 Å². The van der Waals surface area contributed by atoms with Crippen LogP contribution in [0.25, 0.3) is 0 Å². The van der Waals surface area contributed by atoms with E-state index in [0.29, 0.717) is 12.2 Å². The van der Waals surface area contributed by atoms with Gasteiger partial charge in [-0.2, -0.15) is 0 Å². The van der Waals surface area contributed by atoms with E-state index in [1.165, 1.54) is 0 Å². The molecule has 0 saturated carbocycles. The third-order valence-electron chi connectivity index (χ3n) is 2.78. The van der Waals surface area contributed by atoms with E-state index in [1.807, 2.05) is 25.1 Å². The van der Waals surface area contributed by atoms with Crippen LogP contribution < -0.4 is 11.1 Å². The van der Waals surface area contributed by atoms with Crippen LogP contribution in [0, 0.1) is 0 Å². The molecule has 0 aromatic carbocycles. The molecular weight excluding hydrogens is 244 g/mol. The first-order chi connectivity index (χ1) is 9.20. The lowest BCUT2D eigenvalue weighted by molar-refractivity contribution is 0.318. The molecule has 0 radical (unpaired) electrons. The topological polar surface area (TPSA) is 96.7 Å². The highest BCUT2D eigenvalue weighted by molar-refractivity contribution is 5.95. The fourth-order valence-electron chi connectivity index (χ4n) is 1.68. The Morgan fingerprint density at radius 2 is 2.42 bits per heavy atom. The highest BCUT2D eigenvalue weighted by atomic mass is 16.4. The Morgan fingerprint density at radius 3 is 3.11 bits per heavy atom. The van der Waals surface area contributed by atoms with Crippen molar-refractivity contribution in [3.8, 4) is 0 Å². The lowest BCUT2D eigenvalue weighted by atomic mass is 10.2. The molecule has 6 heteroatoms. The summed E-state index contributed by atoms with van der Waals surface area (Å²) >= 11 is 0. The predicted molar refractivity (Wildman–Crippen MR) is 70.7 cm³/mol. The van der Waals surface area contributed by atoms with Gasteiger partial charge in [0, 0.05) is 12.7 Å². The van der Waals surface area contributed by atoms with Gasteiger partial charge in [0.05, 0.1) is 12.3 Å². The van der Waals surface area contributed by atoms with Crippen molar-refractivity contribution in [1.82, 2.24) is 10.3 Å². The minimum absolute atomic E-state index is 0.000864. The van der Waals surface area contributed by atoms with Crippen molar-refractivity contribution in [2.24, 2.45) is 10.9 Å². The number of nitrogens with zero attached hydrogens (tertiary/aromatic N) is 2. The van der Waals surface area contributed by atoms with Crippen molar-refractivity contribution in [2.75, 3.05) is 0 Å². The fraction of sp³-hybridized carbons (Fsp3) is 0.231. The second kappa shape index (κ2) is 6.01. The summed E-state index contributed by atoms with van der Waals surface area (Å²) in [6, 6.07) is 7.53. The SMILES string of the molecule is C[C@@H](NCc1ccnc(/C(N)=N/O)c1)c1ccco1. The molecule has 0 spiro atoms. The van der Waals surface area contributed by atoms with Gasteiger partial charge in [-0.1, -0.05) is 5.16 Å². The first kappa shape index (κ1) is 13.1. The van der Waals surface area contributed by atoms with Crippen LogP contribution in [0.15, 0.2) is 46.3 Å². The smallest absolute Gasteiger partial charge is 0.188 e. The number of amidine groups is 1. The molecule has 2 rings (SSSR count). The quantitative estimate of drug-likeness (QED) is 0.328. The van der Waals surface area contributed by atoms with Crippen molar-refractivity contribution < 1.29 is 9.62 Å². The number of furan rings is 1. The molecule has 0 aliphatic heterocycles. The highest BCUT2D eigenvalue weighted by Gasteiger charge is 2.08. The zero-order chi connectivity index (χ0) is 13.7. The largest absolute Gasteiger partial charge is 0.468 e. The first-order valence-corrected chi connectivity index (χ1v) is 5.90. The lowest BCUT2D eigenvalue weighted by Gasteiger charge is -2.11. The van der Waals surface area contributed by atoms with Crippen LogP contribution in [0.1, 0.15) is 30.0 Å². The summed E-state index contributed by atoms with van der Waals surface area (Å²) in [6.07, 6.45) is 3.28. The number of nitrogens with two attached hydrogens (primary N) is 1. The molecule has 0 fully saturated rings. The Kier molecular flexibility index (Phi) is 4.15. The maximum Gasteiger partial charge on any atom is 0.188 e. The molecule has 2 aromatic rings. The van der Waals surface area contributed by atoms with Crippen LogP contribution in [0.4, 0.5) is 0 Å². The highest BCUT2D eigenvalue weighted by Crippen LogP contribution is 2.13. The molecule has 6 nitrogen and oxygen atoms in total. The molecule has 2 heterocycles. The van der Waals surface area contributed by atoms with Crippen molar-refractivity contribution in [3.05, 3.63) is 53.7 Å². The lowest BCUT2D eigenvalue weighted by Crippen LogP contribution is -2.19. The van der Waals surface area contributed by atoms with Crippen molar-refractivity contribution >= 4 is 5.84 Å². The Morgan fingerprint density at radius 1 is 1.58 bits per heavy atom. The van der Waals surface area contributed by atoms with Crippen LogP contribution in [0.5, 0.6) is 0 Å². The minimum atomic E-state index is 0.000864. The van der Waals surface area contributed by atoms with Gasteiger partial charge in [0.2, 0.25) is 0 Å². The molecule has 100 valence electrons. The molecule has 0 aliphatic carbocycles. The third-order valence-corrected chi connectivity index (χ3v) is 2.78. The summed E-state index contributed by atoms with van der Waals surface area (Å²) in [4.78, 5) is 4.03. The van der Waals surface area contributed by atoms with Gasteiger partial charge in [-0.3, -0.25) is 4.98 Å². The van der Waals surface area contributed by atoms with E-state index < -0.39 is 0 Å². The van der Waals surface area contributed by atoms with E-state index >= 15 is 0 Å². The number of pyridine rings is 1. The van der Waals surface area contributed by atoms with E-state index in [2.05, 4.69) is 15.5 Å². The van der Waals surface area contributed by atoms with Crippen LogP contribution in [-0.4, -0.2) is 16.0 Å². The second-order valence-electron chi connectivity index (χ2n) is 4.15. The van der Waals surface area contributed by atoms with Gasteiger partial charge >= 0.3 is 0 Å². The zero-order valence-corrected chi connectivity index (χ0v) is 10.6. The minimum Gasteiger partial charge on any atom is -0.468 e. The fourth-order valence-corrected chi connectivity index (χ4v) is 1.68. The van der Waals surface area contributed by atoms with Gasteiger partial charge in [0.25, 0.3) is 0 Å². The van der Waals surface area contributed by atoms with E-state index in [-0.39, 0.29) is 11.9 Å². The third kappa shape index (κ3) is 3.32. The molecule has 4 N–H and O–H groups in total. The standard InChI is InChI=1S/C13H16N4O2/c1-9(12-3-2-6-19-12)16-8-10-4-5-15-11(7-10)13(14)17-18/h2-7,9,16,18H,8H2,1H3,(H2,14,17)/t9-/m1/s1. The molecule has 0 unspecified atom stereocenters. The maximum absolute atomic E-state index is 8.62. The van der Waals surface area contributed by atoms with Gasteiger partial charge in [0.1, 0.15) is 11.5 Å². The summed E-state index contributed by atoms with van der Waals surface area (Å²) in [7, 11) is 0. The van der Waals surface area contributed by atoms with Crippen molar-refractivity contribution in [2.45, 2.75) is 19.5 Å². The molecule has 0 saturated heterocycles. The van der Waals surface area contributed by atoms with Crippen LogP contribution >= 0.6 is 0 Å². The van der Waals surface area contributed by atoms with E-state index in [0.717, 1.165) is 11.3 Å². The number of hydrogen-bond donors (Lipinski definition) is 3. The molecular formula is C13H16N4O2. The maximum atomic E-state index is 8.62. The Bertz CT molecular complexity index is 552. The van der Waals surface area contributed by atoms with Crippen molar-refractivity contribution in [1.29, 1.82) is 0 Å². The number of aromatic nitrogens is 1. The number of hydrogen-bond acceptors (Lipinski definition) is 5. The molecule has 0 bridgehead atoms.